The number of pyridine rings is 2. The molecule has 0 aliphatic carbocycles. The zero-order valence-corrected chi connectivity index (χ0v) is 15.6. The summed E-state index contributed by atoms with van der Waals surface area (Å²) in [6.07, 6.45) is 4.49. The maximum atomic E-state index is 12.8. The molecule has 3 aromatic rings. The predicted molar refractivity (Wildman–Crippen MR) is 111 cm³/mol. The highest BCUT2D eigenvalue weighted by Gasteiger charge is 2.15. The third-order valence-corrected chi connectivity index (χ3v) is 3.77. The summed E-state index contributed by atoms with van der Waals surface area (Å²) in [5, 5.41) is 20.7. The number of hydrogen-bond acceptors (Lipinski definition) is 6. The largest absolute Gasteiger partial charge is 0.508 e. The van der Waals surface area contributed by atoms with Crippen LogP contribution in [0, 0.1) is 0 Å². The molecule has 29 heavy (non-hydrogen) atoms. The lowest BCUT2D eigenvalue weighted by molar-refractivity contribution is 0.102. The fourth-order valence-corrected chi connectivity index (χ4v) is 2.50. The van der Waals surface area contributed by atoms with Gasteiger partial charge in [0.2, 0.25) is 0 Å². The molecule has 9 heteroatoms. The highest BCUT2D eigenvalue weighted by molar-refractivity contribution is 6.08. The first kappa shape index (κ1) is 19.6. The van der Waals surface area contributed by atoms with E-state index in [-0.39, 0.29) is 17.1 Å². The van der Waals surface area contributed by atoms with Crippen molar-refractivity contribution in [2.75, 3.05) is 22.5 Å². The number of nitrogens with zero attached hydrogens (tertiary/aromatic N) is 2. The highest BCUT2D eigenvalue weighted by Crippen LogP contribution is 2.26. The average Bonchev–Trinajstić information content (AvgIpc) is 2.69. The zero-order chi connectivity index (χ0) is 20.6. The van der Waals surface area contributed by atoms with Crippen molar-refractivity contribution < 1.29 is 14.7 Å². The lowest BCUT2D eigenvalue weighted by Crippen LogP contribution is -2.28. The maximum Gasteiger partial charge on any atom is 0.320 e. The van der Waals surface area contributed by atoms with Gasteiger partial charge < -0.3 is 21.1 Å². The molecule has 0 spiro atoms. The summed E-state index contributed by atoms with van der Waals surface area (Å²) in [5.74, 6) is -0.0691. The minimum Gasteiger partial charge on any atom is -0.508 e. The molecule has 3 amide bonds. The zero-order valence-electron chi connectivity index (χ0n) is 15.6. The van der Waals surface area contributed by atoms with Crippen molar-refractivity contribution >= 4 is 34.8 Å². The van der Waals surface area contributed by atoms with Crippen LogP contribution in [0.15, 0.2) is 61.1 Å². The van der Waals surface area contributed by atoms with Gasteiger partial charge in [0.25, 0.3) is 5.91 Å². The summed E-state index contributed by atoms with van der Waals surface area (Å²) in [6.45, 7) is 2.26. The minimum absolute atomic E-state index is 0.0751. The summed E-state index contributed by atoms with van der Waals surface area (Å²) in [5.41, 5.74) is 1.75. The Bertz CT molecular complexity index is 1010. The van der Waals surface area contributed by atoms with Gasteiger partial charge in [-0.05, 0) is 31.2 Å². The van der Waals surface area contributed by atoms with E-state index in [1.54, 1.807) is 37.4 Å². The molecule has 0 atom stereocenters. The molecule has 9 nitrogen and oxygen atoms in total. The monoisotopic (exact) mass is 392 g/mol. The van der Waals surface area contributed by atoms with Crippen LogP contribution >= 0.6 is 0 Å². The Morgan fingerprint density at radius 2 is 1.86 bits per heavy atom. The van der Waals surface area contributed by atoms with Gasteiger partial charge in [-0.15, -0.1) is 0 Å². The van der Waals surface area contributed by atoms with Gasteiger partial charge in [0.1, 0.15) is 11.6 Å². The van der Waals surface area contributed by atoms with E-state index in [0.29, 0.717) is 23.6 Å². The first-order valence-electron chi connectivity index (χ1n) is 8.87. The number of aromatic nitrogens is 2. The Kier molecular flexibility index (Phi) is 6.21. The maximum absolute atomic E-state index is 12.8. The van der Waals surface area contributed by atoms with E-state index in [1.165, 1.54) is 30.6 Å². The van der Waals surface area contributed by atoms with Crippen LogP contribution in [0.2, 0.25) is 0 Å². The van der Waals surface area contributed by atoms with Crippen LogP contribution in [0.25, 0.3) is 0 Å². The van der Waals surface area contributed by atoms with E-state index >= 15 is 0 Å². The molecule has 0 bridgehead atoms. The van der Waals surface area contributed by atoms with Crippen molar-refractivity contribution in [3.63, 3.8) is 0 Å². The van der Waals surface area contributed by atoms with Gasteiger partial charge in [0, 0.05) is 36.8 Å². The topological polar surface area (TPSA) is 128 Å². The SMILES string of the molecule is CCNC(=O)Nc1cc(Nc2cccc(O)c2)c(C(=O)Nc2cccnc2)cn1. The molecule has 0 aliphatic heterocycles. The average molecular weight is 392 g/mol. The molecule has 0 fully saturated rings. The quantitative estimate of drug-likeness (QED) is 0.438. The van der Waals surface area contributed by atoms with Crippen LogP contribution in [-0.4, -0.2) is 33.6 Å². The molecule has 2 heterocycles. The highest BCUT2D eigenvalue weighted by atomic mass is 16.3. The van der Waals surface area contributed by atoms with Gasteiger partial charge in [-0.1, -0.05) is 6.07 Å². The summed E-state index contributed by atoms with van der Waals surface area (Å²) in [7, 11) is 0. The number of carbonyl (C=O) groups is 2. The van der Waals surface area contributed by atoms with Gasteiger partial charge in [-0.2, -0.15) is 0 Å². The minimum atomic E-state index is -0.407. The molecule has 0 unspecified atom stereocenters. The summed E-state index contributed by atoms with van der Waals surface area (Å²) in [4.78, 5) is 32.7. The number of phenols is 1. The van der Waals surface area contributed by atoms with Crippen LogP contribution in [0.1, 0.15) is 17.3 Å². The second-order valence-electron chi connectivity index (χ2n) is 5.97. The number of amides is 3. The molecular weight excluding hydrogens is 372 g/mol. The van der Waals surface area contributed by atoms with Crippen LogP contribution in [0.4, 0.5) is 27.7 Å². The summed E-state index contributed by atoms with van der Waals surface area (Å²) >= 11 is 0. The van der Waals surface area contributed by atoms with Gasteiger partial charge in [0.15, 0.2) is 0 Å². The van der Waals surface area contributed by atoms with Crippen molar-refractivity contribution in [1.29, 1.82) is 0 Å². The fourth-order valence-electron chi connectivity index (χ4n) is 2.50. The van der Waals surface area contributed by atoms with E-state index in [4.69, 9.17) is 0 Å². The lowest BCUT2D eigenvalue weighted by atomic mass is 10.2. The van der Waals surface area contributed by atoms with E-state index < -0.39 is 11.9 Å². The number of aromatic hydroxyl groups is 1. The number of urea groups is 1. The first-order chi connectivity index (χ1) is 14.0. The molecule has 0 aliphatic rings. The molecule has 148 valence electrons. The van der Waals surface area contributed by atoms with Crippen LogP contribution in [0.5, 0.6) is 5.75 Å². The van der Waals surface area contributed by atoms with Gasteiger partial charge >= 0.3 is 6.03 Å². The summed E-state index contributed by atoms with van der Waals surface area (Å²) < 4.78 is 0. The van der Waals surface area contributed by atoms with Crippen molar-refractivity contribution in [2.45, 2.75) is 6.92 Å². The third-order valence-electron chi connectivity index (χ3n) is 3.77. The second kappa shape index (κ2) is 9.18. The number of anilines is 4. The predicted octanol–water partition coefficient (Wildman–Crippen LogP) is 3.32. The molecule has 0 saturated carbocycles. The Morgan fingerprint density at radius 1 is 1.03 bits per heavy atom. The van der Waals surface area contributed by atoms with Gasteiger partial charge in [0.05, 0.1) is 23.1 Å². The van der Waals surface area contributed by atoms with Crippen molar-refractivity contribution in [3.8, 4) is 5.75 Å². The Hall–Kier alpha value is -4.14. The van der Waals surface area contributed by atoms with Gasteiger partial charge in [-0.3, -0.25) is 15.1 Å². The lowest BCUT2D eigenvalue weighted by Gasteiger charge is -2.14. The number of benzene rings is 1. The molecule has 2 aromatic heterocycles. The van der Waals surface area contributed by atoms with Crippen LogP contribution < -0.4 is 21.3 Å². The number of nitrogens with one attached hydrogen (secondary N) is 4. The Labute approximate surface area is 167 Å². The molecule has 5 N–H and O–H groups in total. The molecule has 0 radical (unpaired) electrons. The second-order valence-corrected chi connectivity index (χ2v) is 5.97. The smallest absolute Gasteiger partial charge is 0.320 e. The normalized spacial score (nSPS) is 10.1. The van der Waals surface area contributed by atoms with E-state index in [9.17, 15) is 14.7 Å². The number of hydrogen-bond donors (Lipinski definition) is 5. The Morgan fingerprint density at radius 3 is 2.59 bits per heavy atom. The number of phenolic OH excluding ortho intramolecular Hbond substituents is 1. The van der Waals surface area contributed by atoms with E-state index in [0.717, 1.165) is 0 Å². The van der Waals surface area contributed by atoms with Crippen molar-refractivity contribution in [3.05, 3.63) is 66.6 Å². The van der Waals surface area contributed by atoms with Crippen LogP contribution in [-0.2, 0) is 0 Å². The van der Waals surface area contributed by atoms with Crippen LogP contribution in [0.3, 0.4) is 0 Å². The van der Waals surface area contributed by atoms with E-state index in [1.807, 2.05) is 0 Å². The Balaban J connectivity index is 1.90. The van der Waals surface area contributed by atoms with Crippen molar-refractivity contribution in [1.82, 2.24) is 15.3 Å². The van der Waals surface area contributed by atoms with Crippen molar-refractivity contribution in [2.24, 2.45) is 0 Å². The molecular formula is C20H20N6O3. The van der Waals surface area contributed by atoms with E-state index in [2.05, 4.69) is 31.2 Å². The number of rotatable bonds is 6. The number of carbonyl (C=O) groups excluding carboxylic acids is 2. The van der Waals surface area contributed by atoms with Gasteiger partial charge in [-0.25, -0.2) is 9.78 Å². The molecule has 3 rings (SSSR count). The summed E-state index contributed by atoms with van der Waals surface area (Å²) in [6, 6.07) is 11.0. The first-order valence-corrected chi connectivity index (χ1v) is 8.87. The standard InChI is InChI=1S/C20H20N6O3/c1-2-22-20(29)26-18-10-17(24-13-5-3-7-15(27)9-13)16(12-23-18)19(28)25-14-6-4-8-21-11-14/h3-12,27H,2H2,1H3,(H,25,28)(H3,22,23,24,26,29). The third kappa shape index (κ3) is 5.42. The molecule has 0 saturated heterocycles. The fraction of sp³-hybridized carbons (Fsp3) is 0.100. The molecule has 1 aromatic carbocycles.